The highest BCUT2D eigenvalue weighted by atomic mass is 32.2. The summed E-state index contributed by atoms with van der Waals surface area (Å²) in [6, 6.07) is 12.7. The van der Waals surface area contributed by atoms with Crippen LogP contribution in [-0.4, -0.2) is 17.3 Å². The minimum absolute atomic E-state index is 0.177. The van der Waals surface area contributed by atoms with E-state index in [1.807, 2.05) is 43.5 Å². The number of rotatable bonds is 4. The van der Waals surface area contributed by atoms with Crippen LogP contribution in [-0.2, 0) is 0 Å². The molecule has 0 bridgehead atoms. The maximum absolute atomic E-state index is 11.2. The van der Waals surface area contributed by atoms with Crippen LogP contribution in [0.3, 0.4) is 0 Å². The van der Waals surface area contributed by atoms with Gasteiger partial charge in [-0.2, -0.15) is 0 Å². The molecule has 3 nitrogen and oxygen atoms in total. The van der Waals surface area contributed by atoms with Crippen molar-refractivity contribution in [2.24, 2.45) is 0 Å². The van der Waals surface area contributed by atoms with E-state index in [0.717, 1.165) is 10.5 Å². The number of carbonyl (C=O) groups is 1. The lowest BCUT2D eigenvalue weighted by Gasteiger charge is -2.13. The van der Waals surface area contributed by atoms with Crippen LogP contribution in [0.1, 0.15) is 15.9 Å². The highest BCUT2D eigenvalue weighted by Crippen LogP contribution is 2.34. The second kappa shape index (κ2) is 5.80. The summed E-state index contributed by atoms with van der Waals surface area (Å²) in [7, 11) is 0. The smallest absolute Gasteiger partial charge is 0.339 e. The Balaban J connectivity index is 2.46. The summed E-state index contributed by atoms with van der Waals surface area (Å²) in [5, 5.41) is 9.21. The Morgan fingerprint density at radius 2 is 1.89 bits per heavy atom. The molecule has 0 aliphatic carbocycles. The molecule has 0 radical (unpaired) electrons. The van der Waals surface area contributed by atoms with E-state index in [1.165, 1.54) is 0 Å². The minimum atomic E-state index is -0.986. The maximum atomic E-state index is 11.2. The molecule has 0 spiro atoms. The number of carboxylic acid groups (broad SMARTS) is 1. The highest BCUT2D eigenvalue weighted by molar-refractivity contribution is 7.98. The topological polar surface area (TPSA) is 46.5 Å². The van der Waals surface area contributed by atoms with Gasteiger partial charge in [0.2, 0.25) is 0 Å². The van der Waals surface area contributed by atoms with E-state index in [1.54, 1.807) is 23.9 Å². The Kier molecular flexibility index (Phi) is 4.12. The molecule has 0 fully saturated rings. The lowest BCUT2D eigenvalue weighted by Crippen LogP contribution is -2.01. The molecule has 0 saturated carbocycles. The lowest BCUT2D eigenvalue weighted by molar-refractivity contribution is 0.0694. The van der Waals surface area contributed by atoms with E-state index in [9.17, 15) is 9.90 Å². The summed E-state index contributed by atoms with van der Waals surface area (Å²) in [5.41, 5.74) is 0.978. The van der Waals surface area contributed by atoms with Gasteiger partial charge in [-0.15, -0.1) is 11.8 Å². The second-order valence-corrected chi connectivity index (χ2v) is 4.86. The Bertz CT molecular complexity index is 608. The zero-order valence-corrected chi connectivity index (χ0v) is 11.5. The molecule has 4 heteroatoms. The lowest BCUT2D eigenvalue weighted by atomic mass is 10.1. The van der Waals surface area contributed by atoms with Gasteiger partial charge in [0.25, 0.3) is 0 Å². The Hall–Kier alpha value is -1.94. The fraction of sp³-hybridized carbons (Fsp3) is 0.133. The molecule has 0 amide bonds. The number of aromatic carboxylic acids is 1. The number of carboxylic acids is 1. The van der Waals surface area contributed by atoms with Crippen molar-refractivity contribution in [3.8, 4) is 11.5 Å². The molecule has 0 heterocycles. The molecule has 2 aromatic rings. The summed E-state index contributed by atoms with van der Waals surface area (Å²) in [6.45, 7) is 1.84. The number of aryl methyl sites for hydroxylation is 1. The number of para-hydroxylation sites is 2. The Morgan fingerprint density at radius 3 is 2.58 bits per heavy atom. The van der Waals surface area contributed by atoms with E-state index in [0.29, 0.717) is 11.5 Å². The summed E-state index contributed by atoms with van der Waals surface area (Å²) >= 11 is 1.56. The van der Waals surface area contributed by atoms with Gasteiger partial charge in [-0.05, 0) is 36.9 Å². The predicted molar refractivity (Wildman–Crippen MR) is 76.4 cm³/mol. The van der Waals surface area contributed by atoms with Gasteiger partial charge in [0, 0.05) is 4.90 Å². The van der Waals surface area contributed by atoms with E-state index in [2.05, 4.69) is 0 Å². The van der Waals surface area contributed by atoms with Crippen molar-refractivity contribution >= 4 is 17.7 Å². The predicted octanol–water partition coefficient (Wildman–Crippen LogP) is 4.21. The fourth-order valence-electron chi connectivity index (χ4n) is 1.77. The van der Waals surface area contributed by atoms with Crippen molar-refractivity contribution in [1.82, 2.24) is 0 Å². The van der Waals surface area contributed by atoms with Gasteiger partial charge in [0.1, 0.15) is 17.1 Å². The largest absolute Gasteiger partial charge is 0.478 e. The SMILES string of the molecule is CSc1ccccc1Oc1c(C)cccc1C(=O)O. The summed E-state index contributed by atoms with van der Waals surface area (Å²) < 4.78 is 5.82. The van der Waals surface area contributed by atoms with Crippen molar-refractivity contribution in [3.05, 3.63) is 53.6 Å². The minimum Gasteiger partial charge on any atom is -0.478 e. The first-order valence-electron chi connectivity index (χ1n) is 5.77. The second-order valence-electron chi connectivity index (χ2n) is 4.01. The third-order valence-electron chi connectivity index (χ3n) is 2.72. The highest BCUT2D eigenvalue weighted by Gasteiger charge is 2.15. The zero-order chi connectivity index (χ0) is 13.8. The molecule has 0 unspecified atom stereocenters. The van der Waals surface area contributed by atoms with Crippen LogP contribution < -0.4 is 4.74 Å². The van der Waals surface area contributed by atoms with Crippen LogP contribution >= 0.6 is 11.8 Å². The van der Waals surface area contributed by atoms with Crippen LogP contribution in [0.2, 0.25) is 0 Å². The van der Waals surface area contributed by atoms with Crippen molar-refractivity contribution in [2.75, 3.05) is 6.26 Å². The molecule has 0 aliphatic heterocycles. The first kappa shape index (κ1) is 13.5. The molecule has 0 aliphatic rings. The van der Waals surface area contributed by atoms with Gasteiger partial charge < -0.3 is 9.84 Å². The Morgan fingerprint density at radius 1 is 1.16 bits per heavy atom. The number of ether oxygens (including phenoxy) is 1. The first-order valence-corrected chi connectivity index (χ1v) is 6.99. The van der Waals surface area contributed by atoms with E-state index in [4.69, 9.17) is 4.74 Å². The Labute approximate surface area is 116 Å². The first-order chi connectivity index (χ1) is 9.13. The van der Waals surface area contributed by atoms with E-state index < -0.39 is 5.97 Å². The number of thioether (sulfide) groups is 1. The quantitative estimate of drug-likeness (QED) is 0.848. The van der Waals surface area contributed by atoms with Gasteiger partial charge in [-0.25, -0.2) is 4.79 Å². The van der Waals surface area contributed by atoms with Crippen LogP contribution in [0.15, 0.2) is 47.4 Å². The molecule has 19 heavy (non-hydrogen) atoms. The van der Waals surface area contributed by atoms with E-state index >= 15 is 0 Å². The molecule has 2 aromatic carbocycles. The molecular formula is C15H14O3S. The van der Waals surface area contributed by atoms with Gasteiger partial charge in [0.05, 0.1) is 0 Å². The number of benzene rings is 2. The molecular weight excluding hydrogens is 260 g/mol. The zero-order valence-electron chi connectivity index (χ0n) is 10.7. The average molecular weight is 274 g/mol. The average Bonchev–Trinajstić information content (AvgIpc) is 2.41. The third-order valence-corrected chi connectivity index (χ3v) is 3.50. The van der Waals surface area contributed by atoms with E-state index in [-0.39, 0.29) is 5.56 Å². The van der Waals surface area contributed by atoms with Gasteiger partial charge in [0.15, 0.2) is 0 Å². The fourth-order valence-corrected chi connectivity index (χ4v) is 2.29. The van der Waals surface area contributed by atoms with Crippen LogP contribution in [0.25, 0.3) is 0 Å². The normalized spacial score (nSPS) is 10.2. The summed E-state index contributed by atoms with van der Waals surface area (Å²) in [5.74, 6) is 0.0867. The van der Waals surface area contributed by atoms with Crippen LogP contribution in [0, 0.1) is 6.92 Å². The van der Waals surface area contributed by atoms with Crippen molar-refractivity contribution in [3.63, 3.8) is 0 Å². The third kappa shape index (κ3) is 2.90. The molecule has 0 saturated heterocycles. The van der Waals surface area contributed by atoms with Gasteiger partial charge in [-0.1, -0.05) is 24.3 Å². The van der Waals surface area contributed by atoms with Crippen LogP contribution in [0.4, 0.5) is 0 Å². The summed E-state index contributed by atoms with van der Waals surface area (Å²) in [6.07, 6.45) is 1.96. The molecule has 0 aromatic heterocycles. The molecule has 1 N–H and O–H groups in total. The number of hydrogen-bond donors (Lipinski definition) is 1. The molecule has 98 valence electrons. The van der Waals surface area contributed by atoms with Crippen LogP contribution in [0.5, 0.6) is 11.5 Å². The van der Waals surface area contributed by atoms with Crippen molar-refractivity contribution in [1.29, 1.82) is 0 Å². The maximum Gasteiger partial charge on any atom is 0.339 e. The van der Waals surface area contributed by atoms with Crippen molar-refractivity contribution < 1.29 is 14.6 Å². The summed E-state index contributed by atoms with van der Waals surface area (Å²) in [4.78, 5) is 12.2. The van der Waals surface area contributed by atoms with Gasteiger partial charge in [-0.3, -0.25) is 0 Å². The monoisotopic (exact) mass is 274 g/mol. The number of hydrogen-bond acceptors (Lipinski definition) is 3. The molecule has 0 atom stereocenters. The van der Waals surface area contributed by atoms with Gasteiger partial charge >= 0.3 is 5.97 Å². The molecule has 2 rings (SSSR count). The van der Waals surface area contributed by atoms with Crippen molar-refractivity contribution in [2.45, 2.75) is 11.8 Å². The standard InChI is InChI=1S/C15H14O3S/c1-10-6-5-7-11(15(16)17)14(10)18-12-8-3-4-9-13(12)19-2/h3-9H,1-2H3,(H,16,17).